The number of aromatic nitrogens is 1. The van der Waals surface area contributed by atoms with Crippen molar-refractivity contribution in [3.63, 3.8) is 0 Å². The lowest BCUT2D eigenvalue weighted by molar-refractivity contribution is -0.146. The Hall–Kier alpha value is -3.23. The lowest BCUT2D eigenvalue weighted by Crippen LogP contribution is -2.32. The summed E-state index contributed by atoms with van der Waals surface area (Å²) < 4.78 is 23.8. The van der Waals surface area contributed by atoms with Crippen LogP contribution in [0.5, 0.6) is 0 Å². The van der Waals surface area contributed by atoms with E-state index in [2.05, 4.69) is 20.7 Å². The van der Waals surface area contributed by atoms with Gasteiger partial charge in [-0.15, -0.1) is 0 Å². The average molecular weight is 529 g/mol. The number of fused-ring (bicyclic) bond motifs is 1. The molecule has 1 aliphatic heterocycles. The van der Waals surface area contributed by atoms with Crippen LogP contribution in [0.15, 0.2) is 35.6 Å². The molecule has 1 saturated heterocycles. The van der Waals surface area contributed by atoms with Crippen molar-refractivity contribution in [2.45, 2.75) is 71.8 Å². The van der Waals surface area contributed by atoms with Gasteiger partial charge in [-0.05, 0) is 59.7 Å². The molecule has 0 spiro atoms. The molecule has 0 N–H and O–H groups in total. The summed E-state index contributed by atoms with van der Waals surface area (Å²) in [6.45, 7) is 9.49. The number of esters is 1. The molecule has 208 valence electrons. The van der Waals surface area contributed by atoms with Gasteiger partial charge in [0.15, 0.2) is 0 Å². The van der Waals surface area contributed by atoms with Crippen molar-refractivity contribution in [2.24, 2.45) is 28.8 Å². The summed E-state index contributed by atoms with van der Waals surface area (Å²) in [5, 5.41) is 5.12. The highest BCUT2D eigenvalue weighted by Crippen LogP contribution is 2.40. The van der Waals surface area contributed by atoms with E-state index in [9.17, 15) is 15.1 Å². The fourth-order valence-corrected chi connectivity index (χ4v) is 5.28. The number of carbonyl (C=O) groups excluding carboxylic acids is 2. The van der Waals surface area contributed by atoms with Gasteiger partial charge in [0.25, 0.3) is 0 Å². The van der Waals surface area contributed by atoms with Gasteiger partial charge >= 0.3 is 12.1 Å². The third-order valence-electron chi connectivity index (χ3n) is 7.51. The van der Waals surface area contributed by atoms with E-state index in [0.29, 0.717) is 19.4 Å². The number of hydrogen-bond donors (Lipinski definition) is 0. The van der Waals surface area contributed by atoms with Crippen LogP contribution >= 0.6 is 0 Å². The number of ether oxygens (including phenoxy) is 4. The summed E-state index contributed by atoms with van der Waals surface area (Å²) in [5.41, 5.74) is 11.2. The molecule has 1 aromatic heterocycles. The first kappa shape index (κ1) is 29.3. The zero-order valence-electron chi connectivity index (χ0n) is 23.2. The molecule has 10 nitrogen and oxygen atoms in total. The number of hydrogen-bond acceptors (Lipinski definition) is 7. The molecule has 0 saturated carbocycles. The van der Waals surface area contributed by atoms with Crippen molar-refractivity contribution >= 4 is 23.0 Å². The normalized spacial score (nSPS) is 19.7. The number of aryl methyl sites for hydroxylation is 1. The number of benzene rings is 1. The van der Waals surface area contributed by atoms with Gasteiger partial charge < -0.3 is 23.5 Å². The van der Waals surface area contributed by atoms with Crippen LogP contribution in [0.1, 0.15) is 58.6 Å². The van der Waals surface area contributed by atoms with Crippen LogP contribution in [0.4, 0.5) is 4.79 Å². The molecule has 5 atom stereocenters. The predicted octanol–water partition coefficient (Wildman–Crippen LogP) is 6.43. The van der Waals surface area contributed by atoms with E-state index in [1.165, 1.54) is 7.11 Å². The molecule has 2 heterocycles. The lowest BCUT2D eigenvalue weighted by atomic mass is 9.80. The number of methoxy groups -OCH3 is 2. The minimum atomic E-state index is -0.788. The molecule has 0 bridgehead atoms. The molecule has 1 fully saturated rings. The summed E-state index contributed by atoms with van der Waals surface area (Å²) in [6.07, 6.45) is 1.80. The summed E-state index contributed by atoms with van der Waals surface area (Å²) in [7, 11) is 2.96. The Labute approximate surface area is 224 Å². The van der Waals surface area contributed by atoms with E-state index in [0.717, 1.165) is 29.4 Å². The van der Waals surface area contributed by atoms with Crippen LogP contribution in [-0.4, -0.2) is 49.7 Å². The molecule has 5 unspecified atom stereocenters. The summed E-state index contributed by atoms with van der Waals surface area (Å²) in [5.74, 6) is -0.558. The molecular weight excluding hydrogens is 488 g/mol. The molecular formula is C28H40N4O6. The topological polar surface area (TPSA) is 125 Å². The molecule has 2 aromatic rings. The summed E-state index contributed by atoms with van der Waals surface area (Å²) >= 11 is 0. The number of azide groups is 1. The number of rotatable bonds is 13. The minimum absolute atomic E-state index is 0.0447. The quantitative estimate of drug-likeness (QED) is 0.0969. The second-order valence-corrected chi connectivity index (χ2v) is 10.6. The Morgan fingerprint density at radius 2 is 2.00 bits per heavy atom. The first-order chi connectivity index (χ1) is 18.2. The predicted molar refractivity (Wildman–Crippen MR) is 143 cm³/mol. The molecule has 0 aliphatic carbocycles. The molecule has 0 radical (unpaired) electrons. The van der Waals surface area contributed by atoms with Crippen LogP contribution in [0.2, 0.25) is 0 Å². The van der Waals surface area contributed by atoms with E-state index >= 15 is 0 Å². The van der Waals surface area contributed by atoms with Gasteiger partial charge in [0.2, 0.25) is 0 Å². The summed E-state index contributed by atoms with van der Waals surface area (Å²) in [4.78, 5) is 27.9. The summed E-state index contributed by atoms with van der Waals surface area (Å²) in [6, 6.07) is 7.47. The zero-order valence-corrected chi connectivity index (χ0v) is 23.2. The second kappa shape index (κ2) is 13.5. The van der Waals surface area contributed by atoms with Gasteiger partial charge in [-0.3, -0.25) is 4.79 Å². The SMILES string of the molecule is COCCCn1ccc2ccc(C(OC(=O)OC)C(CC(N=[N+]=[N-])C3CC(C(C)C)C(=O)O3)C(C)C)cc21. The second-order valence-electron chi connectivity index (χ2n) is 10.6. The highest BCUT2D eigenvalue weighted by atomic mass is 16.7. The van der Waals surface area contributed by atoms with Crippen molar-refractivity contribution in [1.82, 2.24) is 4.57 Å². The van der Waals surface area contributed by atoms with Gasteiger partial charge in [0.1, 0.15) is 12.2 Å². The van der Waals surface area contributed by atoms with E-state index in [-0.39, 0.29) is 29.6 Å². The van der Waals surface area contributed by atoms with E-state index in [1.54, 1.807) is 7.11 Å². The number of cyclic esters (lactones) is 1. The monoisotopic (exact) mass is 528 g/mol. The first-order valence-corrected chi connectivity index (χ1v) is 13.3. The van der Waals surface area contributed by atoms with Gasteiger partial charge in [-0.1, -0.05) is 44.9 Å². The van der Waals surface area contributed by atoms with Crippen molar-refractivity contribution in [2.75, 3.05) is 20.8 Å². The van der Waals surface area contributed by atoms with Gasteiger partial charge in [0, 0.05) is 42.8 Å². The van der Waals surface area contributed by atoms with Crippen LogP contribution in [0, 0.1) is 23.7 Å². The molecule has 3 rings (SSSR count). The third kappa shape index (κ3) is 6.99. The highest BCUT2D eigenvalue weighted by Gasteiger charge is 2.42. The molecule has 1 aromatic carbocycles. The maximum Gasteiger partial charge on any atom is 0.508 e. The Balaban J connectivity index is 1.96. The van der Waals surface area contributed by atoms with Crippen molar-refractivity contribution in [1.29, 1.82) is 0 Å². The minimum Gasteiger partial charge on any atom is -0.462 e. The largest absolute Gasteiger partial charge is 0.508 e. The Kier molecular flexibility index (Phi) is 10.4. The lowest BCUT2D eigenvalue weighted by Gasteiger charge is -2.33. The zero-order chi connectivity index (χ0) is 27.8. The Morgan fingerprint density at radius 3 is 2.61 bits per heavy atom. The number of nitrogens with zero attached hydrogens (tertiary/aromatic N) is 4. The molecule has 1 aliphatic rings. The fourth-order valence-electron chi connectivity index (χ4n) is 5.28. The van der Waals surface area contributed by atoms with E-state index in [1.807, 2.05) is 52.1 Å². The smallest absolute Gasteiger partial charge is 0.462 e. The van der Waals surface area contributed by atoms with Crippen LogP contribution in [-0.2, 0) is 30.3 Å². The van der Waals surface area contributed by atoms with Gasteiger partial charge in [-0.2, -0.15) is 0 Å². The maximum atomic E-state index is 12.5. The fraction of sp³-hybridized carbons (Fsp3) is 0.643. The van der Waals surface area contributed by atoms with E-state index < -0.39 is 24.4 Å². The van der Waals surface area contributed by atoms with E-state index in [4.69, 9.17) is 18.9 Å². The maximum absolute atomic E-state index is 12.5. The molecule has 10 heteroatoms. The average Bonchev–Trinajstić information content (AvgIpc) is 3.48. The van der Waals surface area contributed by atoms with Crippen molar-refractivity contribution in [3.8, 4) is 0 Å². The Morgan fingerprint density at radius 1 is 1.24 bits per heavy atom. The third-order valence-corrected chi connectivity index (χ3v) is 7.51. The van der Waals surface area contributed by atoms with Crippen molar-refractivity contribution < 1.29 is 28.5 Å². The first-order valence-electron chi connectivity index (χ1n) is 13.3. The van der Waals surface area contributed by atoms with Crippen LogP contribution in [0.3, 0.4) is 0 Å². The van der Waals surface area contributed by atoms with Crippen LogP contribution < -0.4 is 0 Å². The van der Waals surface area contributed by atoms with Crippen molar-refractivity contribution in [3.05, 3.63) is 46.5 Å². The van der Waals surface area contributed by atoms with Crippen LogP contribution in [0.25, 0.3) is 21.3 Å². The standard InChI is InChI=1S/C28H40N4O6/c1-17(2)21(15-23(30-31-29)25-16-22(18(3)4)27(33)37-25)26(38-28(34)36-6)20-9-8-19-10-12-32(24(19)14-20)11-7-13-35-5/h8-10,12,14,17-18,21-23,25-26H,7,11,13,15-16H2,1-6H3. The molecule has 0 amide bonds. The number of carbonyl (C=O) groups is 2. The van der Waals surface area contributed by atoms with Gasteiger partial charge in [0.05, 0.1) is 19.1 Å². The highest BCUT2D eigenvalue weighted by molar-refractivity contribution is 5.81. The van der Waals surface area contributed by atoms with Gasteiger partial charge in [-0.25, -0.2) is 4.79 Å². The Bertz CT molecular complexity index is 1140. The molecule has 38 heavy (non-hydrogen) atoms.